The number of fused-ring (bicyclic) bond motifs is 2. The molecule has 0 aliphatic carbocycles. The molecule has 0 N–H and O–H groups in total. The largest absolute Gasteiger partial charge is 0.455 e. The molecule has 1 saturated heterocycles. The van der Waals surface area contributed by atoms with Crippen LogP contribution in [-0.2, 0) is 42.9 Å². The van der Waals surface area contributed by atoms with Crippen molar-refractivity contribution < 1.29 is 42.9 Å². The van der Waals surface area contributed by atoms with E-state index in [-0.39, 0.29) is 17.1 Å². The average molecular weight is 563 g/mol. The fourth-order valence-electron chi connectivity index (χ4n) is 5.99. The van der Waals surface area contributed by atoms with Crippen molar-refractivity contribution >= 4 is 52.2 Å². The number of hydrogen-bond acceptors (Lipinski definition) is 9. The van der Waals surface area contributed by atoms with Crippen LogP contribution in [0.1, 0.15) is 45.7 Å². The zero-order valence-corrected chi connectivity index (χ0v) is 23.5. The van der Waals surface area contributed by atoms with Crippen LogP contribution in [0, 0.1) is 0 Å². The van der Waals surface area contributed by atoms with E-state index in [0.717, 1.165) is 0 Å². The van der Waals surface area contributed by atoms with Crippen LogP contribution in [-0.4, -0.2) is 66.9 Å². The predicted octanol–water partition coefficient (Wildman–Crippen LogP) is 2.85. The van der Waals surface area contributed by atoms with Crippen LogP contribution in [0.4, 0.5) is 11.4 Å². The van der Waals surface area contributed by atoms with Gasteiger partial charge in [0.2, 0.25) is 0 Å². The highest BCUT2D eigenvalue weighted by Crippen LogP contribution is 2.49. The zero-order valence-electron chi connectivity index (χ0n) is 23.5. The molecule has 0 saturated carbocycles. The molecule has 1 fully saturated rings. The van der Waals surface area contributed by atoms with Gasteiger partial charge < -0.3 is 23.8 Å². The number of benzene rings is 2. The molecule has 11 heteroatoms. The summed E-state index contributed by atoms with van der Waals surface area (Å²) in [5, 5.41) is 0. The molecule has 5 atom stereocenters. The summed E-state index contributed by atoms with van der Waals surface area (Å²) in [6.07, 6.45) is -4.81. The Morgan fingerprint density at radius 3 is 1.88 bits per heavy atom. The number of hydrogen-bond donors (Lipinski definition) is 0. The molecule has 0 aromatic heterocycles. The SMILES string of the molecule is CC(=O)OC1C(C)OC(N2C(=O)C(=C3C(=O)N(C)c4ccccc43)c3ccccc32)C(OC(C)=O)C1(C)OC(C)=O. The van der Waals surface area contributed by atoms with E-state index in [1.807, 2.05) is 6.07 Å². The van der Waals surface area contributed by atoms with Gasteiger partial charge in [0.15, 0.2) is 24.0 Å². The van der Waals surface area contributed by atoms with Gasteiger partial charge in [-0.1, -0.05) is 36.4 Å². The van der Waals surface area contributed by atoms with Crippen LogP contribution in [0.15, 0.2) is 48.5 Å². The summed E-state index contributed by atoms with van der Waals surface area (Å²) in [6.45, 7) is 6.61. The summed E-state index contributed by atoms with van der Waals surface area (Å²) in [6, 6.07) is 14.1. The van der Waals surface area contributed by atoms with Crippen LogP contribution in [0.3, 0.4) is 0 Å². The summed E-state index contributed by atoms with van der Waals surface area (Å²) in [5.41, 5.74) is 0.815. The zero-order chi connectivity index (χ0) is 29.8. The second kappa shape index (κ2) is 10.2. The van der Waals surface area contributed by atoms with E-state index >= 15 is 0 Å². The lowest BCUT2D eigenvalue weighted by Crippen LogP contribution is -2.71. The van der Waals surface area contributed by atoms with Crippen molar-refractivity contribution in [1.82, 2.24) is 0 Å². The third-order valence-corrected chi connectivity index (χ3v) is 7.54. The third kappa shape index (κ3) is 4.46. The molecule has 5 rings (SSSR count). The maximum atomic E-state index is 14.4. The smallest absolute Gasteiger partial charge is 0.303 e. The summed E-state index contributed by atoms with van der Waals surface area (Å²) in [5.74, 6) is -3.04. The molecular formula is C30H30N2O9. The number of nitrogens with zero attached hydrogens (tertiary/aromatic N) is 2. The molecule has 214 valence electrons. The highest BCUT2D eigenvalue weighted by atomic mass is 16.7. The number of carbonyl (C=O) groups excluding carboxylic acids is 5. The van der Waals surface area contributed by atoms with Crippen LogP contribution >= 0.6 is 0 Å². The van der Waals surface area contributed by atoms with E-state index in [4.69, 9.17) is 18.9 Å². The van der Waals surface area contributed by atoms with E-state index < -0.39 is 54.0 Å². The lowest BCUT2D eigenvalue weighted by atomic mass is 9.84. The second-order valence-corrected chi connectivity index (χ2v) is 10.4. The van der Waals surface area contributed by atoms with E-state index in [1.165, 1.54) is 37.5 Å². The van der Waals surface area contributed by atoms with E-state index in [1.54, 1.807) is 56.4 Å². The molecule has 41 heavy (non-hydrogen) atoms. The molecule has 3 aliphatic heterocycles. The van der Waals surface area contributed by atoms with E-state index in [0.29, 0.717) is 22.5 Å². The fraction of sp³-hybridized carbons (Fsp3) is 0.367. The van der Waals surface area contributed by atoms with Gasteiger partial charge in [-0.05, 0) is 26.0 Å². The Morgan fingerprint density at radius 2 is 1.29 bits per heavy atom. The van der Waals surface area contributed by atoms with Crippen molar-refractivity contribution in [3.63, 3.8) is 0 Å². The molecule has 3 aliphatic rings. The minimum atomic E-state index is -1.74. The summed E-state index contributed by atoms with van der Waals surface area (Å²) in [7, 11) is 1.64. The Balaban J connectivity index is 1.70. The van der Waals surface area contributed by atoms with Crippen molar-refractivity contribution in [3.8, 4) is 0 Å². The molecule has 11 nitrogen and oxygen atoms in total. The number of likely N-dealkylation sites (N-methyl/N-ethyl adjacent to an activating group) is 1. The highest BCUT2D eigenvalue weighted by Gasteiger charge is 2.62. The minimum Gasteiger partial charge on any atom is -0.455 e. The van der Waals surface area contributed by atoms with Crippen LogP contribution < -0.4 is 9.80 Å². The number of rotatable bonds is 4. The summed E-state index contributed by atoms with van der Waals surface area (Å²) < 4.78 is 23.2. The monoisotopic (exact) mass is 562 g/mol. The Bertz CT molecular complexity index is 1510. The van der Waals surface area contributed by atoms with Gasteiger partial charge in [-0.2, -0.15) is 0 Å². The Morgan fingerprint density at radius 1 is 0.780 bits per heavy atom. The van der Waals surface area contributed by atoms with Gasteiger partial charge >= 0.3 is 17.9 Å². The molecule has 2 aromatic carbocycles. The van der Waals surface area contributed by atoms with Crippen molar-refractivity contribution in [2.24, 2.45) is 0 Å². The van der Waals surface area contributed by atoms with E-state index in [2.05, 4.69) is 0 Å². The molecule has 5 unspecified atom stereocenters. The van der Waals surface area contributed by atoms with E-state index in [9.17, 15) is 24.0 Å². The quantitative estimate of drug-likeness (QED) is 0.314. The van der Waals surface area contributed by atoms with Gasteiger partial charge in [0.25, 0.3) is 11.8 Å². The van der Waals surface area contributed by atoms with Gasteiger partial charge in [-0.15, -0.1) is 0 Å². The lowest BCUT2D eigenvalue weighted by molar-refractivity contribution is -0.275. The van der Waals surface area contributed by atoms with Gasteiger partial charge in [0, 0.05) is 38.9 Å². The number of esters is 3. The first-order valence-corrected chi connectivity index (χ1v) is 13.1. The van der Waals surface area contributed by atoms with Crippen molar-refractivity contribution in [1.29, 1.82) is 0 Å². The van der Waals surface area contributed by atoms with Gasteiger partial charge in [0.1, 0.15) is 0 Å². The average Bonchev–Trinajstić information content (AvgIpc) is 3.32. The van der Waals surface area contributed by atoms with Crippen molar-refractivity contribution in [3.05, 3.63) is 59.7 Å². The lowest BCUT2D eigenvalue weighted by Gasteiger charge is -2.51. The first-order valence-electron chi connectivity index (χ1n) is 13.1. The van der Waals surface area contributed by atoms with Crippen molar-refractivity contribution in [2.45, 2.75) is 64.8 Å². The topological polar surface area (TPSA) is 129 Å². The Kier molecular flexibility index (Phi) is 6.94. The third-order valence-electron chi connectivity index (χ3n) is 7.54. The Labute approximate surface area is 236 Å². The van der Waals surface area contributed by atoms with Gasteiger partial charge in [-0.3, -0.25) is 28.9 Å². The predicted molar refractivity (Wildman–Crippen MR) is 146 cm³/mol. The number of anilines is 2. The number of para-hydroxylation sites is 2. The first-order chi connectivity index (χ1) is 19.4. The molecular weight excluding hydrogens is 532 g/mol. The molecule has 2 aromatic rings. The number of amides is 2. The van der Waals surface area contributed by atoms with Gasteiger partial charge in [-0.25, -0.2) is 0 Å². The molecule has 2 amide bonds. The van der Waals surface area contributed by atoms with Crippen LogP contribution in [0.25, 0.3) is 11.1 Å². The van der Waals surface area contributed by atoms with Crippen molar-refractivity contribution in [2.75, 3.05) is 16.8 Å². The maximum absolute atomic E-state index is 14.4. The maximum Gasteiger partial charge on any atom is 0.303 e. The molecule has 0 bridgehead atoms. The molecule has 3 heterocycles. The summed E-state index contributed by atoms with van der Waals surface area (Å²) in [4.78, 5) is 67.5. The first kappa shape index (κ1) is 28.0. The minimum absolute atomic E-state index is 0.163. The fourth-order valence-corrected chi connectivity index (χ4v) is 5.99. The normalized spacial score (nSPS) is 28.7. The van der Waals surface area contributed by atoms with Crippen LogP contribution in [0.2, 0.25) is 0 Å². The Hall–Kier alpha value is -4.51. The number of carbonyl (C=O) groups is 5. The van der Waals surface area contributed by atoms with Crippen LogP contribution in [0.5, 0.6) is 0 Å². The molecule has 0 spiro atoms. The number of ether oxygens (including phenoxy) is 4. The van der Waals surface area contributed by atoms with Gasteiger partial charge in [0.05, 0.1) is 28.6 Å². The standard InChI is InChI=1S/C30H30N2O9/c1-15-25(39-16(2)33)30(5,41-18(4)35)26(40-17(3)34)29(38-15)32-22-14-10-8-12-20(22)24(28(32)37)23-19-11-7-9-13-21(19)31(6)27(23)36/h7-15,25-26,29H,1-6H3. The molecule has 0 radical (unpaired) electrons. The highest BCUT2D eigenvalue weighted by molar-refractivity contribution is 6.49. The summed E-state index contributed by atoms with van der Waals surface area (Å²) >= 11 is 0. The second-order valence-electron chi connectivity index (χ2n) is 10.4.